The molecule has 0 amide bonds. The van der Waals surface area contributed by atoms with Crippen molar-refractivity contribution in [1.82, 2.24) is 15.0 Å². The number of anilines is 1. The average Bonchev–Trinajstić information content (AvgIpc) is 4.14. The number of benzene rings is 4. The van der Waals surface area contributed by atoms with E-state index in [2.05, 4.69) is 46.4 Å². The lowest BCUT2D eigenvalue weighted by atomic mass is 10.00. The molecule has 0 fully saturated rings. The Labute approximate surface area is 366 Å². The summed E-state index contributed by atoms with van der Waals surface area (Å²) in [5.74, 6) is 2.74. The first-order chi connectivity index (χ1) is 30.5. The fraction of sp³-hybridized carbons (Fsp3) is 0.157. The molecule has 0 spiro atoms. The Morgan fingerprint density at radius 3 is 1.43 bits per heavy atom. The molecule has 2 aliphatic heterocycles. The summed E-state index contributed by atoms with van der Waals surface area (Å²) in [5.41, 5.74) is 13.3. The molecule has 9 rings (SSSR count). The van der Waals surface area contributed by atoms with Gasteiger partial charge in [-0.2, -0.15) is 8.42 Å². The predicted octanol–water partition coefficient (Wildman–Crippen LogP) is 11.1. The maximum atomic E-state index is 12.7. The van der Waals surface area contributed by atoms with Crippen molar-refractivity contribution in [3.8, 4) is 67.5 Å². The maximum Gasteiger partial charge on any atom is 0.269 e. The number of H-pyrrole nitrogens is 2. The molecule has 8 bridgehead atoms. The molecule has 4 aromatic carbocycles. The summed E-state index contributed by atoms with van der Waals surface area (Å²) in [5, 5.41) is -1.11. The van der Waals surface area contributed by atoms with Gasteiger partial charge in [-0.15, -0.1) is 0 Å². The van der Waals surface area contributed by atoms with Crippen LogP contribution >= 0.6 is 0 Å². The molecule has 2 aliphatic rings. The molecule has 1 atom stereocenters. The van der Waals surface area contributed by atoms with Gasteiger partial charge in [-0.3, -0.25) is 4.55 Å². The zero-order valence-corrected chi connectivity index (χ0v) is 36.3. The largest absolute Gasteiger partial charge is 0.497 e. The summed E-state index contributed by atoms with van der Waals surface area (Å²) in [7, 11) is 2.16. The second-order valence-corrected chi connectivity index (χ2v) is 17.3. The first kappa shape index (κ1) is 41.1. The molecule has 3 N–H and O–H groups in total. The van der Waals surface area contributed by atoms with Crippen LogP contribution in [0.15, 0.2) is 127 Å². The third kappa shape index (κ3) is 8.02. The van der Waals surface area contributed by atoms with Crippen LogP contribution in [0.4, 0.5) is 5.69 Å². The monoisotopic (exact) mass is 858 g/mol. The minimum atomic E-state index is -4.41. The number of aromatic nitrogens is 3. The van der Waals surface area contributed by atoms with E-state index < -0.39 is 15.4 Å². The number of fused-ring (bicyclic) bond motifs is 8. The van der Waals surface area contributed by atoms with E-state index in [0.717, 1.165) is 77.8 Å². The smallest absolute Gasteiger partial charge is 0.269 e. The highest BCUT2D eigenvalue weighted by molar-refractivity contribution is 7.86. The van der Waals surface area contributed by atoms with Gasteiger partial charge in [-0.25, -0.2) is 4.98 Å². The van der Waals surface area contributed by atoms with E-state index in [1.807, 2.05) is 108 Å². The number of hydrogen-bond acceptors (Lipinski definition) is 8. The summed E-state index contributed by atoms with van der Waals surface area (Å²) < 4.78 is 58.7. The van der Waals surface area contributed by atoms with E-state index >= 15 is 0 Å². The lowest BCUT2D eigenvalue weighted by Gasteiger charge is -2.25. The van der Waals surface area contributed by atoms with Crippen LogP contribution < -0.4 is 23.8 Å². The highest BCUT2D eigenvalue weighted by atomic mass is 32.2. The molecule has 63 heavy (non-hydrogen) atoms. The van der Waals surface area contributed by atoms with Gasteiger partial charge >= 0.3 is 0 Å². The Balaban J connectivity index is 1.50. The molecule has 12 heteroatoms. The fourth-order valence-electron chi connectivity index (χ4n) is 8.51. The van der Waals surface area contributed by atoms with Crippen LogP contribution in [0.1, 0.15) is 23.9 Å². The van der Waals surface area contributed by atoms with E-state index in [1.165, 1.54) is 6.92 Å². The van der Waals surface area contributed by atoms with E-state index in [4.69, 9.17) is 23.9 Å². The molecular formula is C51H46N4O7S. The number of nitrogens with one attached hydrogen (secondary N) is 2. The molecule has 0 radical (unpaired) electrons. The van der Waals surface area contributed by atoms with Crippen LogP contribution in [0.2, 0.25) is 0 Å². The molecule has 7 aromatic rings. The lowest BCUT2D eigenvalue weighted by molar-refractivity contribution is 0.415. The number of methoxy groups -OCH3 is 4. The topological polar surface area (TPSA) is 139 Å². The van der Waals surface area contributed by atoms with Crippen molar-refractivity contribution in [1.29, 1.82) is 0 Å². The average molecular weight is 859 g/mol. The Morgan fingerprint density at radius 1 is 0.571 bits per heavy atom. The van der Waals surface area contributed by atoms with Gasteiger partial charge in [0.15, 0.2) is 0 Å². The molecule has 0 saturated carbocycles. The van der Waals surface area contributed by atoms with E-state index in [1.54, 1.807) is 28.4 Å². The summed E-state index contributed by atoms with van der Waals surface area (Å²) >= 11 is 0. The molecule has 11 nitrogen and oxygen atoms in total. The number of aromatic amines is 2. The summed E-state index contributed by atoms with van der Waals surface area (Å²) in [6, 6.07) is 41.9. The fourth-order valence-corrected chi connectivity index (χ4v) is 8.88. The third-order valence-electron chi connectivity index (χ3n) is 11.6. The van der Waals surface area contributed by atoms with Crippen molar-refractivity contribution in [2.45, 2.75) is 18.7 Å². The van der Waals surface area contributed by atoms with Crippen molar-refractivity contribution >= 4 is 50.0 Å². The highest BCUT2D eigenvalue weighted by Gasteiger charge is 2.29. The normalized spacial score (nSPS) is 12.9. The zero-order chi connectivity index (χ0) is 43.8. The van der Waals surface area contributed by atoms with Gasteiger partial charge in [-0.05, 0) is 126 Å². The van der Waals surface area contributed by atoms with Crippen LogP contribution in [0.25, 0.3) is 78.7 Å². The minimum absolute atomic E-state index is 0.00349. The van der Waals surface area contributed by atoms with Gasteiger partial charge < -0.3 is 33.8 Å². The quantitative estimate of drug-likeness (QED) is 0.108. The van der Waals surface area contributed by atoms with Crippen LogP contribution in [-0.4, -0.2) is 68.2 Å². The van der Waals surface area contributed by atoms with Gasteiger partial charge in [0.2, 0.25) is 0 Å². The molecule has 0 saturated heterocycles. The van der Waals surface area contributed by atoms with Crippen LogP contribution in [0.3, 0.4) is 0 Å². The van der Waals surface area contributed by atoms with Crippen molar-refractivity contribution in [2.24, 2.45) is 0 Å². The van der Waals surface area contributed by atoms with E-state index in [0.29, 0.717) is 40.9 Å². The van der Waals surface area contributed by atoms with Gasteiger partial charge in [0.25, 0.3) is 10.1 Å². The zero-order valence-electron chi connectivity index (χ0n) is 35.5. The maximum absolute atomic E-state index is 12.7. The van der Waals surface area contributed by atoms with Crippen molar-refractivity contribution in [3.63, 3.8) is 0 Å². The van der Waals surface area contributed by atoms with E-state index in [9.17, 15) is 13.0 Å². The number of ether oxygens (including phenoxy) is 4. The Hall–Kier alpha value is -7.28. The summed E-state index contributed by atoms with van der Waals surface area (Å²) in [6.45, 7) is 1.82. The van der Waals surface area contributed by atoms with Crippen molar-refractivity contribution in [2.75, 3.05) is 39.9 Å². The molecule has 1 unspecified atom stereocenters. The first-order valence-electron chi connectivity index (χ1n) is 20.4. The predicted molar refractivity (Wildman–Crippen MR) is 252 cm³/mol. The van der Waals surface area contributed by atoms with Gasteiger partial charge in [-0.1, -0.05) is 48.5 Å². The van der Waals surface area contributed by atoms with Gasteiger partial charge in [0, 0.05) is 63.1 Å². The SMILES string of the molecule is COc1cccc(-c2c3cc(c(-c4cccc(OC)c4)c4ccc([nH]4)c(-c4cccc(OC)c4)c4ccc([nH]4)c(-c4cccc(OC)c4)c4nc2C=C4)CN3CC(C)S(=O)(=O)O)c1. The first-order valence-corrected chi connectivity index (χ1v) is 21.9. The van der Waals surface area contributed by atoms with E-state index in [-0.39, 0.29) is 6.54 Å². The van der Waals surface area contributed by atoms with Crippen LogP contribution in [0, 0.1) is 0 Å². The molecule has 5 heterocycles. The second kappa shape index (κ2) is 16.9. The van der Waals surface area contributed by atoms with Crippen LogP contribution in [0.5, 0.6) is 23.0 Å². The minimum Gasteiger partial charge on any atom is -0.497 e. The number of hydrogen-bond donors (Lipinski definition) is 3. The Kier molecular flexibility index (Phi) is 11.0. The molecular weight excluding hydrogens is 813 g/mol. The Bertz CT molecular complexity index is 3210. The standard InChI is InChI=1S/C51H46N4O7S/c1-31(63(56,57)58)29-55-30-36-28-47(55)51(35-13-9-17-40(27-35)62-5)46-23-22-45(54-46)50(34-12-8-16-39(26-34)61-4)44-21-20-43(53-44)49(33-11-7-15-38(25-33)60-3)42-19-18-41(52-42)48(36)32-10-6-14-37(24-32)59-2/h6-28,31,52-53H,29-30H2,1-5H3,(H,56,57,58). The number of nitrogens with zero attached hydrogens (tertiary/aromatic N) is 2. The van der Waals surface area contributed by atoms with Crippen molar-refractivity contribution < 1.29 is 31.9 Å². The second-order valence-electron chi connectivity index (χ2n) is 15.5. The highest BCUT2D eigenvalue weighted by Crippen LogP contribution is 2.44. The summed E-state index contributed by atoms with van der Waals surface area (Å²) in [4.78, 5) is 15.0. The van der Waals surface area contributed by atoms with Gasteiger partial charge in [0.1, 0.15) is 28.2 Å². The number of rotatable bonds is 11. The lowest BCUT2D eigenvalue weighted by Crippen LogP contribution is -2.33. The molecule has 0 aliphatic carbocycles. The van der Waals surface area contributed by atoms with Crippen molar-refractivity contribution in [3.05, 3.63) is 144 Å². The molecule has 3 aromatic heterocycles. The summed E-state index contributed by atoms with van der Waals surface area (Å²) in [6.07, 6.45) is 4.00. The van der Waals surface area contributed by atoms with Crippen LogP contribution in [-0.2, 0) is 16.7 Å². The third-order valence-corrected chi connectivity index (χ3v) is 12.8. The van der Waals surface area contributed by atoms with Gasteiger partial charge in [0.05, 0.1) is 39.8 Å². The Morgan fingerprint density at radius 2 is 0.968 bits per heavy atom. The molecule has 318 valence electrons.